The van der Waals surface area contributed by atoms with Crippen molar-refractivity contribution in [2.75, 3.05) is 26.1 Å². The van der Waals surface area contributed by atoms with Gasteiger partial charge >= 0.3 is 0 Å². The Balaban J connectivity index is 2.42. The highest BCUT2D eigenvalue weighted by atomic mass is 16.5. The summed E-state index contributed by atoms with van der Waals surface area (Å²) in [6, 6.07) is 14.7. The Bertz CT molecular complexity index is 638. The summed E-state index contributed by atoms with van der Waals surface area (Å²) >= 11 is 0. The van der Waals surface area contributed by atoms with Crippen molar-refractivity contribution in [3.63, 3.8) is 0 Å². The van der Waals surface area contributed by atoms with Gasteiger partial charge < -0.3 is 14.7 Å². The van der Waals surface area contributed by atoms with E-state index >= 15 is 0 Å². The van der Waals surface area contributed by atoms with Crippen molar-refractivity contribution in [2.24, 2.45) is 0 Å². The molecule has 1 unspecified atom stereocenters. The highest BCUT2D eigenvalue weighted by Gasteiger charge is 2.29. The third-order valence-electron chi connectivity index (χ3n) is 3.52. The molecule has 0 amide bonds. The molecule has 0 bridgehead atoms. The highest BCUT2D eigenvalue weighted by molar-refractivity contribution is 5.51. The predicted octanol–water partition coefficient (Wildman–Crippen LogP) is 2.63. The van der Waals surface area contributed by atoms with Gasteiger partial charge in [-0.1, -0.05) is 30.2 Å². The molecule has 0 spiro atoms. The second-order valence-electron chi connectivity index (χ2n) is 5.02. The Morgan fingerprint density at radius 1 is 1.00 bits per heavy atom. The maximum atomic E-state index is 10.9. The number of nitrogens with zero attached hydrogens (tertiary/aromatic N) is 1. The maximum absolute atomic E-state index is 10.9. The SMILES string of the molecule is C#CC(O)(c1ccc(OC)cc1)c1ccc(N(C)C)cc1. The summed E-state index contributed by atoms with van der Waals surface area (Å²) in [6.45, 7) is 0. The van der Waals surface area contributed by atoms with Gasteiger partial charge in [-0.2, -0.15) is 0 Å². The van der Waals surface area contributed by atoms with Crippen molar-refractivity contribution >= 4 is 5.69 Å². The molecule has 0 aliphatic carbocycles. The molecule has 108 valence electrons. The Morgan fingerprint density at radius 3 is 1.86 bits per heavy atom. The van der Waals surface area contributed by atoms with Crippen molar-refractivity contribution in [1.29, 1.82) is 0 Å². The van der Waals surface area contributed by atoms with Crippen LogP contribution in [0, 0.1) is 12.3 Å². The van der Waals surface area contributed by atoms with Crippen molar-refractivity contribution in [3.05, 3.63) is 59.7 Å². The Kier molecular flexibility index (Phi) is 4.21. The average molecular weight is 281 g/mol. The molecule has 0 heterocycles. The molecule has 2 rings (SSSR count). The number of terminal acetylenes is 1. The lowest BCUT2D eigenvalue weighted by Crippen LogP contribution is -2.25. The fourth-order valence-corrected chi connectivity index (χ4v) is 2.17. The second kappa shape index (κ2) is 5.90. The standard InChI is InChI=1S/C18H19NO2/c1-5-18(20,15-8-12-17(21-4)13-9-15)14-6-10-16(11-7-14)19(2)3/h1,6-13,20H,2-4H3. The summed E-state index contributed by atoms with van der Waals surface area (Å²) < 4.78 is 5.12. The van der Waals surface area contributed by atoms with E-state index in [-0.39, 0.29) is 0 Å². The van der Waals surface area contributed by atoms with Gasteiger partial charge in [0.1, 0.15) is 5.75 Å². The molecule has 2 aromatic carbocycles. The van der Waals surface area contributed by atoms with Crippen LogP contribution in [-0.4, -0.2) is 26.3 Å². The number of rotatable bonds is 4. The van der Waals surface area contributed by atoms with Crippen LogP contribution < -0.4 is 9.64 Å². The first kappa shape index (κ1) is 15.0. The Hall–Kier alpha value is -2.44. The zero-order valence-electron chi connectivity index (χ0n) is 12.5. The number of ether oxygens (including phenoxy) is 1. The van der Waals surface area contributed by atoms with Crippen molar-refractivity contribution in [2.45, 2.75) is 5.60 Å². The second-order valence-corrected chi connectivity index (χ2v) is 5.02. The van der Waals surface area contributed by atoms with Crippen LogP contribution in [0.25, 0.3) is 0 Å². The number of benzene rings is 2. The van der Waals surface area contributed by atoms with E-state index in [1.54, 1.807) is 31.4 Å². The molecule has 21 heavy (non-hydrogen) atoms. The average Bonchev–Trinajstić information content (AvgIpc) is 2.54. The first-order chi connectivity index (χ1) is 10.0. The van der Waals surface area contributed by atoms with Crippen LogP contribution >= 0.6 is 0 Å². The minimum Gasteiger partial charge on any atom is -0.497 e. The number of anilines is 1. The monoisotopic (exact) mass is 281 g/mol. The molecule has 3 heteroatoms. The lowest BCUT2D eigenvalue weighted by atomic mass is 9.87. The van der Waals surface area contributed by atoms with Gasteiger partial charge in [0.2, 0.25) is 0 Å². The van der Waals surface area contributed by atoms with E-state index in [1.165, 1.54) is 0 Å². The topological polar surface area (TPSA) is 32.7 Å². The van der Waals surface area contributed by atoms with Crippen molar-refractivity contribution in [1.82, 2.24) is 0 Å². The van der Waals surface area contributed by atoms with Gasteiger partial charge in [-0.05, 0) is 24.3 Å². The van der Waals surface area contributed by atoms with Gasteiger partial charge in [-0.3, -0.25) is 0 Å². The molecule has 0 aliphatic heterocycles. The number of aliphatic hydroxyl groups is 1. The molecule has 0 saturated carbocycles. The maximum Gasteiger partial charge on any atom is 0.176 e. The molecule has 0 radical (unpaired) electrons. The Morgan fingerprint density at radius 2 is 1.48 bits per heavy atom. The minimum absolute atomic E-state index is 0.642. The predicted molar refractivity (Wildman–Crippen MR) is 85.6 cm³/mol. The van der Waals surface area contributed by atoms with E-state index in [0.717, 1.165) is 11.4 Å². The number of hydrogen-bond acceptors (Lipinski definition) is 3. The molecule has 0 fully saturated rings. The fourth-order valence-electron chi connectivity index (χ4n) is 2.17. The van der Waals surface area contributed by atoms with Crippen LogP contribution in [0.3, 0.4) is 0 Å². The zero-order chi connectivity index (χ0) is 15.5. The third-order valence-corrected chi connectivity index (χ3v) is 3.52. The lowest BCUT2D eigenvalue weighted by Gasteiger charge is -2.24. The molecule has 0 aliphatic rings. The fraction of sp³-hybridized carbons (Fsp3) is 0.222. The molecule has 0 aromatic heterocycles. The van der Waals surface area contributed by atoms with Crippen LogP contribution in [0.1, 0.15) is 11.1 Å². The summed E-state index contributed by atoms with van der Waals surface area (Å²) in [4.78, 5) is 1.99. The van der Waals surface area contributed by atoms with E-state index < -0.39 is 5.60 Å². The third kappa shape index (κ3) is 2.86. The van der Waals surface area contributed by atoms with E-state index in [0.29, 0.717) is 11.1 Å². The van der Waals surface area contributed by atoms with Gasteiger partial charge in [-0.15, -0.1) is 6.42 Å². The van der Waals surface area contributed by atoms with Crippen LogP contribution in [0.4, 0.5) is 5.69 Å². The summed E-state index contributed by atoms with van der Waals surface area (Å²) in [5.74, 6) is 3.22. The number of methoxy groups -OCH3 is 1. The first-order valence-corrected chi connectivity index (χ1v) is 6.64. The molecular weight excluding hydrogens is 262 g/mol. The molecule has 1 atom stereocenters. The Labute approximate surface area is 125 Å². The van der Waals surface area contributed by atoms with Gasteiger partial charge in [0.15, 0.2) is 5.60 Å². The van der Waals surface area contributed by atoms with E-state index in [1.807, 2.05) is 43.3 Å². The summed E-state index contributed by atoms with van der Waals surface area (Å²) in [7, 11) is 5.53. The summed E-state index contributed by atoms with van der Waals surface area (Å²) in [5, 5.41) is 10.9. The first-order valence-electron chi connectivity index (χ1n) is 6.64. The van der Waals surface area contributed by atoms with Crippen LogP contribution in [0.15, 0.2) is 48.5 Å². The van der Waals surface area contributed by atoms with Gasteiger partial charge in [0.05, 0.1) is 7.11 Å². The molecular formula is C18H19NO2. The lowest BCUT2D eigenvalue weighted by molar-refractivity contribution is 0.145. The quantitative estimate of drug-likeness (QED) is 0.875. The summed E-state index contributed by atoms with van der Waals surface area (Å²) in [6.07, 6.45) is 5.60. The molecule has 2 aromatic rings. The molecule has 0 saturated heterocycles. The van der Waals surface area contributed by atoms with Gasteiger partial charge in [-0.25, -0.2) is 0 Å². The zero-order valence-corrected chi connectivity index (χ0v) is 12.5. The van der Waals surface area contributed by atoms with Crippen molar-refractivity contribution in [3.8, 4) is 18.1 Å². The van der Waals surface area contributed by atoms with Crippen molar-refractivity contribution < 1.29 is 9.84 Å². The molecule has 3 nitrogen and oxygen atoms in total. The van der Waals surface area contributed by atoms with E-state index in [4.69, 9.17) is 11.2 Å². The largest absolute Gasteiger partial charge is 0.497 e. The van der Waals surface area contributed by atoms with Gasteiger partial charge in [0, 0.05) is 30.9 Å². The number of hydrogen-bond donors (Lipinski definition) is 1. The van der Waals surface area contributed by atoms with E-state index in [2.05, 4.69) is 5.92 Å². The summed E-state index contributed by atoms with van der Waals surface area (Å²) in [5.41, 5.74) is 0.911. The van der Waals surface area contributed by atoms with Crippen LogP contribution in [0.2, 0.25) is 0 Å². The van der Waals surface area contributed by atoms with Crippen LogP contribution in [-0.2, 0) is 5.60 Å². The minimum atomic E-state index is -1.45. The van der Waals surface area contributed by atoms with Gasteiger partial charge in [0.25, 0.3) is 0 Å². The molecule has 1 N–H and O–H groups in total. The smallest absolute Gasteiger partial charge is 0.176 e. The normalized spacial score (nSPS) is 13.1. The van der Waals surface area contributed by atoms with Crippen LogP contribution in [0.5, 0.6) is 5.75 Å². The highest BCUT2D eigenvalue weighted by Crippen LogP contribution is 2.31. The van der Waals surface area contributed by atoms with E-state index in [9.17, 15) is 5.11 Å².